The minimum absolute atomic E-state index is 0.0829. The predicted octanol–water partition coefficient (Wildman–Crippen LogP) is 6.02. The van der Waals surface area contributed by atoms with Gasteiger partial charge in [0.05, 0.1) is 23.2 Å². The molecule has 0 saturated carbocycles. The molecule has 8 heteroatoms. The molecule has 0 aliphatic carbocycles. The standard InChI is InChI=1S/C27H24ClFN2O4/c1-4-35-22-8-5-17(13-19(22)15(2)3)25(32)23-24(16-9-11-30-12-10-16)31(27(34)26(23)33)18-6-7-21(29)20(28)14-18/h5-15,24,32H,4H2,1-3H3/b25-23-. The second kappa shape index (κ2) is 9.88. The van der Waals surface area contributed by atoms with Crippen molar-refractivity contribution in [1.82, 2.24) is 4.98 Å². The maximum Gasteiger partial charge on any atom is 0.300 e. The summed E-state index contributed by atoms with van der Waals surface area (Å²) in [6, 6.07) is 11.3. The summed E-state index contributed by atoms with van der Waals surface area (Å²) in [6.45, 7) is 6.36. The second-order valence-corrected chi connectivity index (χ2v) is 8.80. The Morgan fingerprint density at radius 3 is 2.49 bits per heavy atom. The normalized spacial score (nSPS) is 17.3. The molecule has 1 aromatic heterocycles. The van der Waals surface area contributed by atoms with Gasteiger partial charge in [-0.1, -0.05) is 25.4 Å². The molecule has 1 aliphatic heterocycles. The van der Waals surface area contributed by atoms with Crippen LogP contribution in [0.4, 0.5) is 10.1 Å². The van der Waals surface area contributed by atoms with Crippen LogP contribution in [0.25, 0.3) is 5.76 Å². The van der Waals surface area contributed by atoms with Crippen molar-refractivity contribution in [2.45, 2.75) is 32.7 Å². The highest BCUT2D eigenvalue weighted by Gasteiger charge is 2.47. The first-order valence-corrected chi connectivity index (χ1v) is 11.6. The molecule has 2 aromatic carbocycles. The Hall–Kier alpha value is -3.71. The Balaban J connectivity index is 1.92. The van der Waals surface area contributed by atoms with E-state index in [9.17, 15) is 19.1 Å². The lowest BCUT2D eigenvalue weighted by atomic mass is 9.93. The Kier molecular flexibility index (Phi) is 6.89. The molecular formula is C27H24ClFN2O4. The van der Waals surface area contributed by atoms with E-state index in [0.29, 0.717) is 23.5 Å². The summed E-state index contributed by atoms with van der Waals surface area (Å²) in [6.07, 6.45) is 3.06. The Morgan fingerprint density at radius 1 is 1.14 bits per heavy atom. The number of ketones is 1. The zero-order valence-corrected chi connectivity index (χ0v) is 20.2. The average Bonchev–Trinajstić information content (AvgIpc) is 3.11. The van der Waals surface area contributed by atoms with Crippen molar-refractivity contribution >= 4 is 34.7 Å². The molecule has 1 atom stereocenters. The van der Waals surface area contributed by atoms with Gasteiger partial charge in [0.2, 0.25) is 0 Å². The number of anilines is 1. The first kappa shape index (κ1) is 24.4. The van der Waals surface area contributed by atoms with Crippen LogP contribution in [0.5, 0.6) is 5.75 Å². The lowest BCUT2D eigenvalue weighted by Gasteiger charge is -2.25. The van der Waals surface area contributed by atoms with Crippen LogP contribution in [0.15, 0.2) is 66.5 Å². The molecule has 1 fully saturated rings. The van der Waals surface area contributed by atoms with Crippen LogP contribution in [0, 0.1) is 5.82 Å². The minimum atomic E-state index is -0.964. The minimum Gasteiger partial charge on any atom is -0.507 e. The molecule has 6 nitrogen and oxygen atoms in total. The molecule has 0 spiro atoms. The number of rotatable bonds is 6. The van der Waals surface area contributed by atoms with Crippen molar-refractivity contribution in [2.24, 2.45) is 0 Å². The van der Waals surface area contributed by atoms with Gasteiger partial charge in [-0.05, 0) is 72.5 Å². The van der Waals surface area contributed by atoms with Crippen LogP contribution in [-0.2, 0) is 9.59 Å². The van der Waals surface area contributed by atoms with E-state index >= 15 is 0 Å². The van der Waals surface area contributed by atoms with Gasteiger partial charge in [-0.3, -0.25) is 19.5 Å². The molecule has 1 aliphatic rings. The number of aliphatic hydroxyl groups is 1. The molecule has 0 bridgehead atoms. The van der Waals surface area contributed by atoms with Crippen molar-refractivity contribution < 1.29 is 23.8 Å². The van der Waals surface area contributed by atoms with Gasteiger partial charge >= 0.3 is 0 Å². The molecule has 180 valence electrons. The number of benzene rings is 2. The number of halogens is 2. The molecule has 1 N–H and O–H groups in total. The van der Waals surface area contributed by atoms with Crippen LogP contribution in [-0.4, -0.2) is 28.4 Å². The van der Waals surface area contributed by atoms with Crippen molar-refractivity contribution in [2.75, 3.05) is 11.5 Å². The fourth-order valence-electron chi connectivity index (χ4n) is 4.18. The number of ether oxygens (including phenoxy) is 1. The number of pyridine rings is 1. The third-order valence-electron chi connectivity index (χ3n) is 5.85. The fraction of sp³-hybridized carbons (Fsp3) is 0.222. The molecule has 0 radical (unpaired) electrons. The summed E-state index contributed by atoms with van der Waals surface area (Å²) in [4.78, 5) is 31.7. The highest BCUT2D eigenvalue weighted by molar-refractivity contribution is 6.51. The molecule has 2 heterocycles. The highest BCUT2D eigenvalue weighted by Crippen LogP contribution is 2.43. The highest BCUT2D eigenvalue weighted by atomic mass is 35.5. The van der Waals surface area contributed by atoms with Crippen molar-refractivity contribution in [1.29, 1.82) is 0 Å². The summed E-state index contributed by atoms with van der Waals surface area (Å²) < 4.78 is 19.5. The fourth-order valence-corrected chi connectivity index (χ4v) is 4.36. The van der Waals surface area contributed by atoms with Gasteiger partial charge in [-0.2, -0.15) is 0 Å². The predicted molar refractivity (Wildman–Crippen MR) is 132 cm³/mol. The summed E-state index contributed by atoms with van der Waals surface area (Å²) in [5.74, 6) is -1.90. The van der Waals surface area contributed by atoms with Gasteiger partial charge in [0.15, 0.2) is 0 Å². The van der Waals surface area contributed by atoms with E-state index in [1.807, 2.05) is 20.8 Å². The lowest BCUT2D eigenvalue weighted by molar-refractivity contribution is -0.132. The number of amides is 1. The summed E-state index contributed by atoms with van der Waals surface area (Å²) in [5, 5.41) is 11.2. The maximum atomic E-state index is 13.8. The van der Waals surface area contributed by atoms with Crippen molar-refractivity contribution in [3.05, 3.63) is 94.0 Å². The van der Waals surface area contributed by atoms with E-state index in [-0.39, 0.29) is 28.0 Å². The number of nitrogens with zero attached hydrogens (tertiary/aromatic N) is 2. The first-order chi connectivity index (χ1) is 16.7. The topological polar surface area (TPSA) is 79.7 Å². The molecule has 4 rings (SSSR count). The summed E-state index contributed by atoms with van der Waals surface area (Å²) in [5.41, 5.74) is 1.94. The number of carbonyl (C=O) groups is 2. The summed E-state index contributed by atoms with van der Waals surface area (Å²) >= 11 is 5.97. The number of hydrogen-bond donors (Lipinski definition) is 1. The maximum absolute atomic E-state index is 13.8. The number of aliphatic hydroxyl groups excluding tert-OH is 1. The van der Waals surface area contributed by atoms with Crippen LogP contribution in [0.2, 0.25) is 5.02 Å². The van der Waals surface area contributed by atoms with E-state index < -0.39 is 23.5 Å². The summed E-state index contributed by atoms with van der Waals surface area (Å²) in [7, 11) is 0. The van der Waals surface area contributed by atoms with E-state index in [2.05, 4.69) is 4.98 Å². The number of Topliss-reactive ketones (excluding diaryl/α,β-unsaturated/α-hetero) is 1. The Bertz CT molecular complexity index is 1320. The van der Waals surface area contributed by atoms with Gasteiger partial charge < -0.3 is 9.84 Å². The van der Waals surface area contributed by atoms with E-state index in [1.165, 1.54) is 29.4 Å². The molecule has 1 saturated heterocycles. The third-order valence-corrected chi connectivity index (χ3v) is 6.14. The van der Waals surface area contributed by atoms with Crippen LogP contribution in [0.1, 0.15) is 49.4 Å². The number of aromatic nitrogens is 1. The molecular weight excluding hydrogens is 471 g/mol. The van der Waals surface area contributed by atoms with Crippen LogP contribution >= 0.6 is 11.6 Å². The van der Waals surface area contributed by atoms with E-state index in [0.717, 1.165) is 11.6 Å². The molecule has 1 unspecified atom stereocenters. The molecule has 1 amide bonds. The van der Waals surface area contributed by atoms with Crippen LogP contribution < -0.4 is 9.64 Å². The van der Waals surface area contributed by atoms with Crippen molar-refractivity contribution in [3.8, 4) is 5.75 Å². The third kappa shape index (κ3) is 4.51. The first-order valence-electron chi connectivity index (χ1n) is 11.2. The van der Waals surface area contributed by atoms with Gasteiger partial charge in [0.25, 0.3) is 11.7 Å². The SMILES string of the molecule is CCOc1ccc(/C(O)=C2/C(=O)C(=O)N(c3ccc(F)c(Cl)c3)C2c2ccncc2)cc1C(C)C. The van der Waals surface area contributed by atoms with Gasteiger partial charge in [-0.25, -0.2) is 4.39 Å². The van der Waals surface area contributed by atoms with Crippen molar-refractivity contribution in [3.63, 3.8) is 0 Å². The van der Waals surface area contributed by atoms with Gasteiger partial charge in [0.1, 0.15) is 17.3 Å². The van der Waals surface area contributed by atoms with E-state index in [1.54, 1.807) is 30.3 Å². The molecule has 35 heavy (non-hydrogen) atoms. The quantitative estimate of drug-likeness (QED) is 0.257. The second-order valence-electron chi connectivity index (χ2n) is 8.39. The van der Waals surface area contributed by atoms with Gasteiger partial charge in [0, 0.05) is 23.6 Å². The van der Waals surface area contributed by atoms with Gasteiger partial charge in [-0.15, -0.1) is 0 Å². The Labute approximate surface area is 207 Å². The zero-order chi connectivity index (χ0) is 25.3. The smallest absolute Gasteiger partial charge is 0.300 e. The average molecular weight is 495 g/mol. The Morgan fingerprint density at radius 2 is 1.86 bits per heavy atom. The monoisotopic (exact) mass is 494 g/mol. The number of carbonyl (C=O) groups excluding carboxylic acids is 2. The largest absolute Gasteiger partial charge is 0.507 e. The number of hydrogen-bond acceptors (Lipinski definition) is 5. The van der Waals surface area contributed by atoms with E-state index in [4.69, 9.17) is 16.3 Å². The zero-order valence-electron chi connectivity index (χ0n) is 19.5. The lowest BCUT2D eigenvalue weighted by Crippen LogP contribution is -2.29. The van der Waals surface area contributed by atoms with Crippen LogP contribution in [0.3, 0.4) is 0 Å². The molecule has 3 aromatic rings.